The second-order valence-electron chi connectivity index (χ2n) is 5.16. The molecule has 0 saturated carbocycles. The summed E-state index contributed by atoms with van der Waals surface area (Å²) in [6, 6.07) is 7.45. The fraction of sp³-hybridized carbons (Fsp3) is 0.312. The first kappa shape index (κ1) is 19.4. The highest BCUT2D eigenvalue weighted by atomic mass is 35.5. The molecule has 0 saturated heterocycles. The third-order valence-corrected chi connectivity index (χ3v) is 4.73. The molecule has 1 atom stereocenters. The maximum absolute atomic E-state index is 13.3. The maximum Gasteiger partial charge on any atom is 0.423 e. The molecule has 0 amide bonds. The van der Waals surface area contributed by atoms with Gasteiger partial charge in [0, 0.05) is 27.4 Å². The molecule has 1 aromatic heterocycles. The van der Waals surface area contributed by atoms with E-state index >= 15 is 0 Å². The lowest BCUT2D eigenvalue weighted by molar-refractivity contribution is -0.268. The molecule has 2 aromatic rings. The Labute approximate surface area is 152 Å². The minimum absolute atomic E-state index is 0.155. The van der Waals surface area contributed by atoms with E-state index < -0.39 is 23.9 Å². The van der Waals surface area contributed by atoms with Crippen molar-refractivity contribution in [1.82, 2.24) is 4.98 Å². The van der Waals surface area contributed by atoms with E-state index in [0.717, 1.165) is 0 Å². The average Bonchev–Trinajstić information content (AvgIpc) is 2.52. The van der Waals surface area contributed by atoms with Gasteiger partial charge in [-0.1, -0.05) is 35.3 Å². The van der Waals surface area contributed by atoms with Gasteiger partial charge in [-0.05, 0) is 36.6 Å². The first-order valence-corrected chi connectivity index (χ1v) is 9.04. The summed E-state index contributed by atoms with van der Waals surface area (Å²) >= 11 is 13.1. The van der Waals surface area contributed by atoms with Gasteiger partial charge in [-0.3, -0.25) is 4.98 Å². The van der Waals surface area contributed by atoms with Crippen molar-refractivity contribution in [3.8, 4) is 11.1 Å². The molecule has 1 unspecified atom stereocenters. The molecule has 0 radical (unpaired) electrons. The third kappa shape index (κ3) is 3.99. The summed E-state index contributed by atoms with van der Waals surface area (Å²) in [6.07, 6.45) is -2.34. The minimum atomic E-state index is -4.81. The Morgan fingerprint density at radius 2 is 1.88 bits per heavy atom. The molecule has 0 aliphatic heterocycles. The molecule has 2 nitrogen and oxygen atoms in total. The number of pyridine rings is 1. The van der Waals surface area contributed by atoms with Crippen LogP contribution in [0, 0.1) is 0 Å². The van der Waals surface area contributed by atoms with E-state index in [1.807, 2.05) is 0 Å². The fourth-order valence-corrected chi connectivity index (χ4v) is 3.20. The molecule has 1 heterocycles. The molecule has 1 aromatic carbocycles. The number of halogens is 5. The van der Waals surface area contributed by atoms with Crippen LogP contribution in [0.15, 0.2) is 36.5 Å². The van der Waals surface area contributed by atoms with Crippen molar-refractivity contribution in [1.29, 1.82) is 0 Å². The Kier molecular flexibility index (Phi) is 6.07. The van der Waals surface area contributed by atoms with Gasteiger partial charge in [-0.15, -0.1) is 0 Å². The zero-order chi connectivity index (χ0) is 18.0. The predicted molar refractivity (Wildman–Crippen MR) is 92.6 cm³/mol. The zero-order valence-electron chi connectivity index (χ0n) is 12.6. The minimum Gasteiger partial charge on any atom is -0.375 e. The van der Waals surface area contributed by atoms with Gasteiger partial charge in [0.25, 0.3) is 0 Å². The molecule has 0 aliphatic carbocycles. The summed E-state index contributed by atoms with van der Waals surface area (Å²) in [6.45, 7) is 0. The second-order valence-corrected chi connectivity index (χ2v) is 6.99. The predicted octanol–water partition coefficient (Wildman–Crippen LogP) is 5.56. The quantitative estimate of drug-likeness (QED) is 0.719. The molecule has 24 heavy (non-hydrogen) atoms. The van der Waals surface area contributed by atoms with Gasteiger partial charge >= 0.3 is 6.18 Å². The molecule has 0 bridgehead atoms. The number of hydrogen-bond donors (Lipinski definition) is 1. The Morgan fingerprint density at radius 1 is 1.17 bits per heavy atom. The Morgan fingerprint density at radius 3 is 2.38 bits per heavy atom. The molecule has 0 aliphatic rings. The van der Waals surface area contributed by atoms with Gasteiger partial charge in [-0.2, -0.15) is 24.9 Å². The summed E-state index contributed by atoms with van der Waals surface area (Å²) in [5.41, 5.74) is -2.27. The number of aliphatic hydroxyl groups is 1. The van der Waals surface area contributed by atoms with Gasteiger partial charge in [0.05, 0.1) is 5.69 Å². The summed E-state index contributed by atoms with van der Waals surface area (Å²) < 4.78 is 39.9. The molecule has 130 valence electrons. The normalized spacial score (nSPS) is 14.5. The van der Waals surface area contributed by atoms with Crippen LogP contribution in [-0.2, 0) is 5.60 Å². The number of hydrogen-bond acceptors (Lipinski definition) is 3. The third-order valence-electron chi connectivity index (χ3n) is 3.57. The van der Waals surface area contributed by atoms with Crippen molar-refractivity contribution in [3.63, 3.8) is 0 Å². The first-order chi connectivity index (χ1) is 11.2. The van der Waals surface area contributed by atoms with Crippen LogP contribution in [0.3, 0.4) is 0 Å². The standard InChI is InChI=1S/C16H14Cl2F3NOS/c1-24-7-6-15(23,16(19,20)21)14-5-2-10(9-22-14)12-4-3-11(17)8-13(12)18/h2-5,8-9,23H,6-7H2,1H3. The van der Waals surface area contributed by atoms with E-state index in [0.29, 0.717) is 21.2 Å². The van der Waals surface area contributed by atoms with Crippen LogP contribution in [-0.4, -0.2) is 28.3 Å². The molecule has 0 spiro atoms. The lowest BCUT2D eigenvalue weighted by Crippen LogP contribution is -2.43. The Bertz CT molecular complexity index is 709. The van der Waals surface area contributed by atoms with Gasteiger partial charge in [-0.25, -0.2) is 0 Å². The Balaban J connectivity index is 2.39. The monoisotopic (exact) mass is 395 g/mol. The second kappa shape index (κ2) is 7.52. The number of nitrogens with zero attached hydrogens (tertiary/aromatic N) is 1. The van der Waals surface area contributed by atoms with Gasteiger partial charge < -0.3 is 5.11 Å². The molecule has 8 heteroatoms. The highest BCUT2D eigenvalue weighted by Crippen LogP contribution is 2.42. The van der Waals surface area contributed by atoms with Gasteiger partial charge in [0.15, 0.2) is 0 Å². The van der Waals surface area contributed by atoms with Crippen LogP contribution in [0.2, 0.25) is 10.0 Å². The maximum atomic E-state index is 13.3. The van der Waals surface area contributed by atoms with E-state index in [1.54, 1.807) is 18.4 Å². The van der Waals surface area contributed by atoms with Crippen molar-refractivity contribution in [2.75, 3.05) is 12.0 Å². The van der Waals surface area contributed by atoms with Gasteiger partial charge in [0.1, 0.15) is 0 Å². The molecular formula is C16H14Cl2F3NOS. The van der Waals surface area contributed by atoms with Crippen molar-refractivity contribution in [3.05, 3.63) is 52.3 Å². The van der Waals surface area contributed by atoms with Crippen molar-refractivity contribution in [2.45, 2.75) is 18.2 Å². The molecule has 1 N–H and O–H groups in total. The van der Waals surface area contributed by atoms with Crippen molar-refractivity contribution in [2.24, 2.45) is 0 Å². The lowest BCUT2D eigenvalue weighted by atomic mass is 9.94. The van der Waals surface area contributed by atoms with E-state index in [9.17, 15) is 18.3 Å². The topological polar surface area (TPSA) is 33.1 Å². The van der Waals surface area contributed by atoms with Gasteiger partial charge in [0.2, 0.25) is 5.60 Å². The highest BCUT2D eigenvalue weighted by molar-refractivity contribution is 7.98. The van der Waals surface area contributed by atoms with E-state index in [1.165, 1.54) is 36.2 Å². The fourth-order valence-electron chi connectivity index (χ4n) is 2.19. The smallest absolute Gasteiger partial charge is 0.375 e. The van der Waals surface area contributed by atoms with E-state index in [-0.39, 0.29) is 5.75 Å². The molecule has 0 fully saturated rings. The van der Waals surface area contributed by atoms with Crippen LogP contribution < -0.4 is 0 Å². The largest absolute Gasteiger partial charge is 0.423 e. The highest BCUT2D eigenvalue weighted by Gasteiger charge is 2.55. The number of benzene rings is 1. The SMILES string of the molecule is CSCCC(O)(c1ccc(-c2ccc(Cl)cc2Cl)cn1)C(F)(F)F. The van der Waals surface area contributed by atoms with Crippen molar-refractivity contribution < 1.29 is 18.3 Å². The number of alkyl halides is 3. The Hall–Kier alpha value is -0.950. The summed E-state index contributed by atoms with van der Waals surface area (Å²) in [5, 5.41) is 11.0. The van der Waals surface area contributed by atoms with Crippen LogP contribution in [0.4, 0.5) is 13.2 Å². The number of rotatable bonds is 5. The first-order valence-electron chi connectivity index (χ1n) is 6.89. The lowest BCUT2D eigenvalue weighted by Gasteiger charge is -2.29. The van der Waals surface area contributed by atoms with E-state index in [4.69, 9.17) is 23.2 Å². The summed E-state index contributed by atoms with van der Waals surface area (Å²) in [4.78, 5) is 3.84. The zero-order valence-corrected chi connectivity index (χ0v) is 14.9. The van der Waals surface area contributed by atoms with Crippen LogP contribution >= 0.6 is 35.0 Å². The summed E-state index contributed by atoms with van der Waals surface area (Å²) in [5.74, 6) is 0.155. The number of aromatic nitrogens is 1. The average molecular weight is 396 g/mol. The number of thioether (sulfide) groups is 1. The molecule has 2 rings (SSSR count). The van der Waals surface area contributed by atoms with Crippen LogP contribution in [0.5, 0.6) is 0 Å². The summed E-state index contributed by atoms with van der Waals surface area (Å²) in [7, 11) is 0. The van der Waals surface area contributed by atoms with Crippen LogP contribution in [0.25, 0.3) is 11.1 Å². The van der Waals surface area contributed by atoms with Crippen LogP contribution in [0.1, 0.15) is 12.1 Å². The van der Waals surface area contributed by atoms with E-state index in [2.05, 4.69) is 4.98 Å². The van der Waals surface area contributed by atoms with Crippen molar-refractivity contribution >= 4 is 35.0 Å². The molecular weight excluding hydrogens is 382 g/mol.